The second kappa shape index (κ2) is 14.8. The second-order valence-corrected chi connectivity index (χ2v) is 21.6. The summed E-state index contributed by atoms with van der Waals surface area (Å²) in [6.07, 6.45) is 4.13. The van der Waals surface area contributed by atoms with Crippen molar-refractivity contribution >= 4 is 46.1 Å². The molecule has 8 aromatic carbocycles. The van der Waals surface area contributed by atoms with E-state index in [0.717, 1.165) is 79.8 Å². The fraction of sp³-hybridized carbons (Fsp3) is 0.127. The summed E-state index contributed by atoms with van der Waals surface area (Å²) < 4.78 is 32.2. The van der Waals surface area contributed by atoms with Gasteiger partial charge in [-0.15, -0.1) is 0 Å². The van der Waals surface area contributed by atoms with Gasteiger partial charge in [-0.25, -0.2) is 0 Å². The lowest BCUT2D eigenvalue weighted by Crippen LogP contribution is -2.31. The molecule has 0 atom stereocenters. The minimum Gasteiger partial charge on any atom is -0.309 e. The summed E-state index contributed by atoms with van der Waals surface area (Å²) in [5, 5.41) is 4.85. The van der Waals surface area contributed by atoms with Crippen molar-refractivity contribution < 1.29 is 9.13 Å². The Morgan fingerprint density at radius 2 is 0.678 bits per heavy atom. The molecule has 2 aliphatic rings. The molecule has 10 rings (SSSR count). The highest BCUT2D eigenvalue weighted by molar-refractivity contribution is 7.85. The molecule has 288 valence electrons. The van der Waals surface area contributed by atoms with E-state index < -0.39 is 19.7 Å². The maximum Gasteiger partial charge on any atom is 0.171 e. The van der Waals surface area contributed by atoms with Crippen LogP contribution in [0.4, 0.5) is 0 Å². The first-order chi connectivity index (χ1) is 28.9. The lowest BCUT2D eigenvalue weighted by Gasteiger charge is -2.32. The van der Waals surface area contributed by atoms with Crippen LogP contribution in [0, 0.1) is 0 Å². The number of aryl methyl sites for hydroxylation is 2. The Labute approximate surface area is 348 Å². The summed E-state index contributed by atoms with van der Waals surface area (Å²) in [4.78, 5) is 0. The summed E-state index contributed by atoms with van der Waals surface area (Å²) in [5.74, 6) is 0. The second-order valence-electron chi connectivity index (χ2n) is 16.0. The molecule has 1 spiro atoms. The van der Waals surface area contributed by atoms with Gasteiger partial charge in [-0.2, -0.15) is 0 Å². The molecule has 0 radical (unpaired) electrons. The third-order valence-electron chi connectivity index (χ3n) is 12.7. The Morgan fingerprint density at radius 3 is 1.00 bits per heavy atom. The molecule has 0 amide bonds. The van der Waals surface area contributed by atoms with Gasteiger partial charge in [0.25, 0.3) is 0 Å². The van der Waals surface area contributed by atoms with E-state index >= 15 is 9.13 Å². The first-order valence-electron chi connectivity index (χ1n) is 20.9. The van der Waals surface area contributed by atoms with Crippen molar-refractivity contribution in [2.24, 2.45) is 0 Å². The van der Waals surface area contributed by atoms with Crippen molar-refractivity contribution in [1.29, 1.82) is 0 Å². The molecule has 0 aromatic heterocycles. The SMILES string of the molecule is CCCc1ccc2c(c1)-c1cc(CCC)ccc1C21c2cc(P(=O)(c3ccccc3)c3ccccc3)ccc2-c2ccc(P(=O)(c3ccccc3)c3ccccc3)cc21. The van der Waals surface area contributed by atoms with E-state index in [1.807, 2.05) is 121 Å². The molecule has 0 heterocycles. The van der Waals surface area contributed by atoms with Gasteiger partial charge in [-0.05, 0) is 80.6 Å². The van der Waals surface area contributed by atoms with Gasteiger partial charge in [0.2, 0.25) is 0 Å². The number of rotatable bonds is 10. The summed E-state index contributed by atoms with van der Waals surface area (Å²) >= 11 is 0. The Hall–Kier alpha value is -5.78. The van der Waals surface area contributed by atoms with E-state index in [4.69, 9.17) is 0 Å². The minimum absolute atomic E-state index is 0.743. The Morgan fingerprint density at radius 1 is 0.339 bits per heavy atom. The van der Waals surface area contributed by atoms with Crippen molar-refractivity contribution in [1.82, 2.24) is 0 Å². The van der Waals surface area contributed by atoms with E-state index in [1.165, 1.54) is 33.4 Å². The zero-order chi connectivity index (χ0) is 40.2. The maximum atomic E-state index is 16.1. The molecule has 0 aliphatic heterocycles. The van der Waals surface area contributed by atoms with E-state index in [0.29, 0.717) is 0 Å². The fourth-order valence-corrected chi connectivity index (χ4v) is 15.4. The zero-order valence-electron chi connectivity index (χ0n) is 33.5. The monoisotopic (exact) mass is 800 g/mol. The summed E-state index contributed by atoms with van der Waals surface area (Å²) in [5.41, 5.74) is 11.3. The predicted molar refractivity (Wildman–Crippen MR) is 250 cm³/mol. The van der Waals surface area contributed by atoms with Crippen LogP contribution in [-0.4, -0.2) is 0 Å². The van der Waals surface area contributed by atoms with E-state index in [2.05, 4.69) is 86.6 Å². The van der Waals surface area contributed by atoms with Gasteiger partial charge in [-0.1, -0.05) is 209 Å². The summed E-state index contributed by atoms with van der Waals surface area (Å²) in [6, 6.07) is 67.2. The first kappa shape index (κ1) is 37.5. The highest BCUT2D eigenvalue weighted by Gasteiger charge is 2.53. The van der Waals surface area contributed by atoms with E-state index in [9.17, 15) is 0 Å². The minimum atomic E-state index is -3.32. The highest BCUT2D eigenvalue weighted by Crippen LogP contribution is 2.64. The fourth-order valence-electron chi connectivity index (χ4n) is 10.0. The lowest BCUT2D eigenvalue weighted by atomic mass is 9.70. The quantitative estimate of drug-likeness (QED) is 0.129. The Bertz CT molecular complexity index is 2660. The average molecular weight is 801 g/mol. The topological polar surface area (TPSA) is 34.1 Å². The van der Waals surface area contributed by atoms with E-state index in [-0.39, 0.29) is 0 Å². The largest absolute Gasteiger partial charge is 0.309 e. The van der Waals surface area contributed by atoms with Crippen molar-refractivity contribution in [3.8, 4) is 22.3 Å². The molecule has 2 aliphatic carbocycles. The van der Waals surface area contributed by atoms with Crippen LogP contribution >= 0.6 is 14.3 Å². The average Bonchev–Trinajstić information content (AvgIpc) is 3.75. The van der Waals surface area contributed by atoms with Gasteiger partial charge in [0.05, 0.1) is 5.41 Å². The highest BCUT2D eigenvalue weighted by atomic mass is 31.2. The van der Waals surface area contributed by atoms with Gasteiger partial charge in [0, 0.05) is 31.8 Å². The van der Waals surface area contributed by atoms with Crippen molar-refractivity contribution in [3.63, 3.8) is 0 Å². The van der Waals surface area contributed by atoms with Crippen molar-refractivity contribution in [2.75, 3.05) is 0 Å². The van der Waals surface area contributed by atoms with Gasteiger partial charge in [0.15, 0.2) is 14.3 Å². The smallest absolute Gasteiger partial charge is 0.171 e. The van der Waals surface area contributed by atoms with Crippen LogP contribution in [0.25, 0.3) is 22.3 Å². The molecular formula is C55H46O2P2. The third-order valence-corrected chi connectivity index (χ3v) is 18.8. The van der Waals surface area contributed by atoms with Crippen LogP contribution in [0.1, 0.15) is 60.1 Å². The summed E-state index contributed by atoms with van der Waals surface area (Å²) in [7, 11) is -6.65. The Balaban J connectivity index is 1.31. The van der Waals surface area contributed by atoms with Crippen LogP contribution in [0.15, 0.2) is 194 Å². The van der Waals surface area contributed by atoms with Crippen molar-refractivity contribution in [3.05, 3.63) is 228 Å². The van der Waals surface area contributed by atoms with Gasteiger partial charge in [-0.3, -0.25) is 0 Å². The van der Waals surface area contributed by atoms with Crippen LogP contribution < -0.4 is 31.8 Å². The number of benzene rings is 8. The number of hydrogen-bond donors (Lipinski definition) is 0. The molecule has 2 nitrogen and oxygen atoms in total. The third kappa shape index (κ3) is 5.68. The predicted octanol–water partition coefficient (Wildman–Crippen LogP) is 11.2. The molecule has 0 unspecified atom stereocenters. The van der Waals surface area contributed by atoms with Crippen molar-refractivity contribution in [2.45, 2.75) is 44.9 Å². The number of hydrogen-bond acceptors (Lipinski definition) is 2. The normalized spacial score (nSPS) is 13.5. The van der Waals surface area contributed by atoms with Crippen LogP contribution in [0.2, 0.25) is 0 Å². The molecule has 0 saturated heterocycles. The number of fused-ring (bicyclic) bond motifs is 10. The molecule has 0 fully saturated rings. The molecule has 59 heavy (non-hydrogen) atoms. The molecule has 0 bridgehead atoms. The molecule has 0 N–H and O–H groups in total. The zero-order valence-corrected chi connectivity index (χ0v) is 35.3. The summed E-state index contributed by atoms with van der Waals surface area (Å²) in [6.45, 7) is 4.48. The maximum absolute atomic E-state index is 16.1. The van der Waals surface area contributed by atoms with Crippen LogP contribution in [0.5, 0.6) is 0 Å². The first-order valence-corrected chi connectivity index (χ1v) is 24.3. The van der Waals surface area contributed by atoms with E-state index in [1.54, 1.807) is 0 Å². The van der Waals surface area contributed by atoms with Gasteiger partial charge in [0.1, 0.15) is 0 Å². The lowest BCUT2D eigenvalue weighted by molar-refractivity contribution is 0.591. The molecule has 4 heteroatoms. The van der Waals surface area contributed by atoms with Gasteiger partial charge >= 0.3 is 0 Å². The van der Waals surface area contributed by atoms with Gasteiger partial charge < -0.3 is 9.13 Å². The Kier molecular flexibility index (Phi) is 9.40. The standard InChI is InChI=1S/C55H46O2P2/c1-3-17-39-27-33-51-49(35-39)50-36-40(18-4-2)28-34-52(50)55(51)53-37-45(58(56,41-19-9-5-10-20-41)42-21-11-6-12-22-42)29-31-47(53)48-32-30-46(38-54(48)55)59(57,43-23-13-7-14-24-43)44-25-15-8-16-26-44/h5-16,19-38H,3-4,17-18H2,1-2H3. The van der Waals surface area contributed by atoms with Crippen LogP contribution in [-0.2, 0) is 27.4 Å². The molecule has 0 saturated carbocycles. The van der Waals surface area contributed by atoms with Crippen LogP contribution in [0.3, 0.4) is 0 Å². The molecular weight excluding hydrogens is 755 g/mol. The molecule has 8 aromatic rings.